The number of amides is 1. The van der Waals surface area contributed by atoms with Crippen LogP contribution in [0.25, 0.3) is 33.4 Å². The second-order valence-electron chi connectivity index (χ2n) is 11.0. The number of rotatable bonds is 7. The van der Waals surface area contributed by atoms with E-state index in [1.807, 2.05) is 27.4 Å². The molecule has 1 aliphatic rings. The van der Waals surface area contributed by atoms with Crippen LogP contribution in [0.4, 0.5) is 4.79 Å². The van der Waals surface area contributed by atoms with Crippen LogP contribution < -0.4 is 0 Å². The molecule has 0 saturated carbocycles. The zero-order valence-electron chi connectivity index (χ0n) is 22.2. The number of ether oxygens (including phenoxy) is 1. The molecule has 0 saturated heterocycles. The van der Waals surface area contributed by atoms with Gasteiger partial charge in [-0.15, -0.1) is 0 Å². The molecule has 5 rings (SSSR count). The van der Waals surface area contributed by atoms with Crippen LogP contribution in [0, 0.1) is 18.3 Å². The Bertz CT molecular complexity index is 1540. The lowest BCUT2D eigenvalue weighted by Crippen LogP contribution is -2.37. The van der Waals surface area contributed by atoms with Gasteiger partial charge in [-0.05, 0) is 42.3 Å². The van der Waals surface area contributed by atoms with E-state index in [-0.39, 0.29) is 6.54 Å². The molecule has 0 radical (unpaired) electrons. The molecule has 0 atom stereocenters. The van der Waals surface area contributed by atoms with Crippen molar-refractivity contribution in [3.05, 3.63) is 59.5 Å². The fourth-order valence-corrected chi connectivity index (χ4v) is 5.69. The number of carbonyl (C=O) groups is 1. The summed E-state index contributed by atoms with van der Waals surface area (Å²) in [6.45, 7) is 11.3. The number of hydrogen-bond acceptors (Lipinski definition) is 5. The molecule has 196 valence electrons. The van der Waals surface area contributed by atoms with Crippen molar-refractivity contribution in [3.8, 4) is 28.5 Å². The molecule has 1 aliphatic heterocycles. The Balaban J connectivity index is 1.62. The molecule has 0 fully saturated rings. The van der Waals surface area contributed by atoms with E-state index in [0.29, 0.717) is 25.4 Å². The normalized spacial score (nSPS) is 13.5. The summed E-state index contributed by atoms with van der Waals surface area (Å²) >= 11 is 0. The molecule has 38 heavy (non-hydrogen) atoms. The van der Waals surface area contributed by atoms with Crippen LogP contribution in [0.15, 0.2) is 42.7 Å². The number of nitriles is 1. The third kappa shape index (κ3) is 4.95. The van der Waals surface area contributed by atoms with E-state index in [2.05, 4.69) is 38.8 Å². The number of carboxylic acid groups (broad SMARTS) is 1. The largest absolute Gasteiger partial charge is 0.465 e. The van der Waals surface area contributed by atoms with E-state index in [0.717, 1.165) is 57.3 Å². The first-order valence-corrected chi connectivity index (χ1v) is 16.5. The smallest absolute Gasteiger partial charge is 0.407 e. The van der Waals surface area contributed by atoms with Crippen LogP contribution >= 0.6 is 0 Å². The van der Waals surface area contributed by atoms with Gasteiger partial charge in [0.2, 0.25) is 0 Å². The highest BCUT2D eigenvalue weighted by Crippen LogP contribution is 2.40. The molecule has 1 aromatic carbocycles. The monoisotopic (exact) mass is 528 g/mol. The first kappa shape index (κ1) is 25.7. The van der Waals surface area contributed by atoms with Crippen molar-refractivity contribution in [2.75, 3.05) is 13.2 Å². The Labute approximate surface area is 222 Å². The summed E-state index contributed by atoms with van der Waals surface area (Å²) in [5.74, 6) is 0. The average molecular weight is 529 g/mol. The molecule has 0 bridgehead atoms. The fraction of sp³-hybridized carbons (Fsp3) is 0.357. The number of benzene rings is 1. The topological polar surface area (TPSA) is 109 Å². The number of aryl methyl sites for hydroxylation is 1. The number of nitrogens with zero attached hydrogens (tertiary/aromatic N) is 6. The third-order valence-corrected chi connectivity index (χ3v) is 8.69. The van der Waals surface area contributed by atoms with E-state index in [1.54, 1.807) is 18.3 Å². The van der Waals surface area contributed by atoms with Crippen LogP contribution in [0.3, 0.4) is 0 Å². The molecule has 9 nitrogen and oxygen atoms in total. The van der Waals surface area contributed by atoms with Crippen molar-refractivity contribution >= 4 is 25.2 Å². The highest BCUT2D eigenvalue weighted by Gasteiger charge is 2.29. The van der Waals surface area contributed by atoms with Crippen LogP contribution in [0.5, 0.6) is 0 Å². The van der Waals surface area contributed by atoms with Gasteiger partial charge in [0.05, 0.1) is 30.4 Å². The Morgan fingerprint density at radius 3 is 2.63 bits per heavy atom. The van der Waals surface area contributed by atoms with Gasteiger partial charge in [0, 0.05) is 50.1 Å². The van der Waals surface area contributed by atoms with Crippen molar-refractivity contribution in [2.24, 2.45) is 0 Å². The van der Waals surface area contributed by atoms with Crippen molar-refractivity contribution in [1.29, 1.82) is 5.26 Å². The van der Waals surface area contributed by atoms with Gasteiger partial charge in [-0.25, -0.2) is 9.78 Å². The summed E-state index contributed by atoms with van der Waals surface area (Å²) in [6.07, 6.45) is 2.91. The highest BCUT2D eigenvalue weighted by molar-refractivity contribution is 6.76. The van der Waals surface area contributed by atoms with E-state index < -0.39 is 14.2 Å². The lowest BCUT2D eigenvalue weighted by Gasteiger charge is -2.26. The molecule has 1 N–H and O–H groups in total. The van der Waals surface area contributed by atoms with Gasteiger partial charge in [-0.3, -0.25) is 4.68 Å². The highest BCUT2D eigenvalue weighted by atomic mass is 28.3. The lowest BCUT2D eigenvalue weighted by molar-refractivity contribution is 0.0898. The van der Waals surface area contributed by atoms with E-state index >= 15 is 0 Å². The quantitative estimate of drug-likeness (QED) is 0.249. The molecule has 0 spiro atoms. The van der Waals surface area contributed by atoms with E-state index in [1.165, 1.54) is 4.90 Å². The van der Waals surface area contributed by atoms with Crippen molar-refractivity contribution in [2.45, 2.75) is 52.4 Å². The molecular weight excluding hydrogens is 496 g/mol. The molecule has 4 aromatic rings. The van der Waals surface area contributed by atoms with Crippen LogP contribution in [-0.4, -0.2) is 56.7 Å². The summed E-state index contributed by atoms with van der Waals surface area (Å²) in [4.78, 5) is 18.0. The maximum absolute atomic E-state index is 11.9. The maximum Gasteiger partial charge on any atom is 0.407 e. The van der Waals surface area contributed by atoms with E-state index in [4.69, 9.17) is 14.8 Å². The predicted octanol–water partition coefficient (Wildman–Crippen LogP) is 5.55. The summed E-state index contributed by atoms with van der Waals surface area (Å²) in [5.41, 5.74) is 6.81. The van der Waals surface area contributed by atoms with Crippen LogP contribution in [0.1, 0.15) is 16.8 Å². The molecule has 1 amide bonds. The summed E-state index contributed by atoms with van der Waals surface area (Å²) in [5, 5.41) is 24.9. The Kier molecular flexibility index (Phi) is 6.82. The maximum atomic E-state index is 11.9. The first-order chi connectivity index (χ1) is 18.2. The summed E-state index contributed by atoms with van der Waals surface area (Å²) in [6, 6.07) is 12.6. The number of fused-ring (bicyclic) bond motifs is 2. The van der Waals surface area contributed by atoms with Crippen molar-refractivity contribution in [3.63, 3.8) is 0 Å². The van der Waals surface area contributed by atoms with Gasteiger partial charge < -0.3 is 19.3 Å². The molecule has 3 aromatic heterocycles. The van der Waals surface area contributed by atoms with Gasteiger partial charge in [0.1, 0.15) is 18.1 Å². The Morgan fingerprint density at radius 2 is 1.95 bits per heavy atom. The number of aromatic nitrogens is 4. The van der Waals surface area contributed by atoms with E-state index in [9.17, 15) is 15.2 Å². The molecule has 0 aliphatic carbocycles. The van der Waals surface area contributed by atoms with Gasteiger partial charge in [0.15, 0.2) is 0 Å². The van der Waals surface area contributed by atoms with Crippen molar-refractivity contribution in [1.82, 2.24) is 24.2 Å². The molecule has 4 heterocycles. The lowest BCUT2D eigenvalue weighted by atomic mass is 9.95. The van der Waals surface area contributed by atoms with Gasteiger partial charge >= 0.3 is 6.09 Å². The zero-order valence-corrected chi connectivity index (χ0v) is 23.2. The zero-order chi connectivity index (χ0) is 27.0. The second-order valence-corrected chi connectivity index (χ2v) is 16.6. The second kappa shape index (κ2) is 10.1. The van der Waals surface area contributed by atoms with Crippen LogP contribution in [0.2, 0.25) is 25.7 Å². The third-order valence-electron chi connectivity index (χ3n) is 6.98. The summed E-state index contributed by atoms with van der Waals surface area (Å²) < 4.78 is 9.99. The minimum atomic E-state index is -1.18. The standard InChI is InChI=1S/C28H32N6O3Si/c1-19-16-33(18-37-13-14-38(2,3)4)27-24(19)22(9-10-30-27)25-23-17-32(28(35)36)11-12-34(23)31-26(25)21-7-5-20(15-29)6-8-21/h5-10,16H,11-14,17-18H2,1-4H3,(H,35,36). The molecular formula is C28H32N6O3Si. The van der Waals surface area contributed by atoms with Gasteiger partial charge in [-0.2, -0.15) is 10.4 Å². The Morgan fingerprint density at radius 1 is 1.18 bits per heavy atom. The van der Waals surface area contributed by atoms with Gasteiger partial charge in [-0.1, -0.05) is 31.8 Å². The predicted molar refractivity (Wildman–Crippen MR) is 148 cm³/mol. The average Bonchev–Trinajstić information content (AvgIpc) is 3.43. The Hall–Kier alpha value is -3.94. The molecule has 0 unspecified atom stereocenters. The van der Waals surface area contributed by atoms with Crippen molar-refractivity contribution < 1.29 is 14.6 Å². The molecule has 10 heteroatoms. The van der Waals surface area contributed by atoms with Crippen LogP contribution in [-0.2, 0) is 24.6 Å². The number of pyridine rings is 1. The van der Waals surface area contributed by atoms with Gasteiger partial charge in [0.25, 0.3) is 0 Å². The minimum absolute atomic E-state index is 0.247. The number of hydrogen-bond donors (Lipinski definition) is 1. The first-order valence-electron chi connectivity index (χ1n) is 12.8. The SMILES string of the molecule is Cc1cn(COCC[Si](C)(C)C)c2nccc(-c3c(-c4ccc(C#N)cc4)nn4c3CN(C(=O)O)CC4)c12. The summed E-state index contributed by atoms with van der Waals surface area (Å²) in [7, 11) is -1.18. The minimum Gasteiger partial charge on any atom is -0.465 e. The fourth-order valence-electron chi connectivity index (χ4n) is 4.93.